The fourth-order valence-corrected chi connectivity index (χ4v) is 1.25. The van der Waals surface area contributed by atoms with Crippen molar-refractivity contribution in [3.8, 4) is 0 Å². The summed E-state index contributed by atoms with van der Waals surface area (Å²) in [5.41, 5.74) is 2.18. The summed E-state index contributed by atoms with van der Waals surface area (Å²) in [7, 11) is 0. The van der Waals surface area contributed by atoms with Crippen molar-refractivity contribution in [2.45, 2.75) is 26.7 Å². The lowest BCUT2D eigenvalue weighted by atomic mass is 10.1. The highest BCUT2D eigenvalue weighted by molar-refractivity contribution is 6.13. The van der Waals surface area contributed by atoms with Gasteiger partial charge in [-0.15, -0.1) is 0 Å². The fraction of sp³-hybridized carbons (Fsp3) is 0.400. The largest absolute Gasteiger partial charge is 0.282 e. The second-order valence-electron chi connectivity index (χ2n) is 2.80. The van der Waals surface area contributed by atoms with Crippen LogP contribution in [0.3, 0.4) is 0 Å². The highest BCUT2D eigenvalue weighted by atomic mass is 14.8. The molecule has 1 N–H and O–H groups in total. The summed E-state index contributed by atoms with van der Waals surface area (Å²) in [5, 5.41) is 7.51. The molecule has 0 bridgehead atoms. The fourth-order valence-electron chi connectivity index (χ4n) is 1.25. The van der Waals surface area contributed by atoms with Crippen molar-refractivity contribution in [1.29, 1.82) is 5.41 Å². The first-order valence-electron chi connectivity index (χ1n) is 4.28. The Morgan fingerprint density at radius 3 is 2.92 bits per heavy atom. The van der Waals surface area contributed by atoms with Gasteiger partial charge < -0.3 is 0 Å². The lowest BCUT2D eigenvalue weighted by Gasteiger charge is -1.97. The maximum absolute atomic E-state index is 7.51. The summed E-state index contributed by atoms with van der Waals surface area (Å²) in [4.78, 5) is 3.97. The number of nitrogens with one attached hydrogen (secondary N) is 1. The normalized spacial score (nSPS) is 17.0. The Balaban J connectivity index is 2.88. The number of aliphatic imine (C=N–C) groups is 1. The van der Waals surface area contributed by atoms with Gasteiger partial charge in [-0.3, -0.25) is 5.41 Å². The summed E-state index contributed by atoms with van der Waals surface area (Å²) in [6.07, 6.45) is 7.84. The van der Waals surface area contributed by atoms with Crippen LogP contribution in [0, 0.1) is 5.41 Å². The van der Waals surface area contributed by atoms with E-state index >= 15 is 0 Å². The Labute approximate surface area is 73.2 Å². The van der Waals surface area contributed by atoms with E-state index < -0.39 is 0 Å². The van der Waals surface area contributed by atoms with E-state index in [-0.39, 0.29) is 0 Å². The SMILES string of the molecule is C/C=C\C1=C(CCC)C=NC1=N. The molecule has 0 saturated carbocycles. The molecular weight excluding hydrogens is 148 g/mol. The van der Waals surface area contributed by atoms with Crippen LogP contribution < -0.4 is 0 Å². The van der Waals surface area contributed by atoms with Crippen LogP contribution in [0.4, 0.5) is 0 Å². The third kappa shape index (κ3) is 1.70. The molecule has 2 nitrogen and oxygen atoms in total. The highest BCUT2D eigenvalue weighted by Gasteiger charge is 2.11. The van der Waals surface area contributed by atoms with Crippen LogP contribution in [0.2, 0.25) is 0 Å². The molecule has 0 amide bonds. The minimum atomic E-state index is 0.400. The first-order valence-corrected chi connectivity index (χ1v) is 4.28. The van der Waals surface area contributed by atoms with E-state index in [1.165, 1.54) is 5.57 Å². The molecule has 1 heterocycles. The van der Waals surface area contributed by atoms with E-state index in [0.29, 0.717) is 5.84 Å². The van der Waals surface area contributed by atoms with Gasteiger partial charge in [0, 0.05) is 11.8 Å². The molecule has 0 saturated heterocycles. The monoisotopic (exact) mass is 162 g/mol. The lowest BCUT2D eigenvalue weighted by Crippen LogP contribution is -1.91. The molecule has 2 heteroatoms. The second-order valence-corrected chi connectivity index (χ2v) is 2.80. The summed E-state index contributed by atoms with van der Waals surface area (Å²) < 4.78 is 0. The Kier molecular flexibility index (Phi) is 2.97. The molecule has 0 aromatic heterocycles. The summed E-state index contributed by atoms with van der Waals surface area (Å²) >= 11 is 0. The molecule has 0 spiro atoms. The average Bonchev–Trinajstić information content (AvgIpc) is 2.37. The zero-order valence-electron chi connectivity index (χ0n) is 7.59. The summed E-state index contributed by atoms with van der Waals surface area (Å²) in [6.45, 7) is 4.10. The Morgan fingerprint density at radius 1 is 1.58 bits per heavy atom. The molecule has 12 heavy (non-hydrogen) atoms. The van der Waals surface area contributed by atoms with Gasteiger partial charge in [0.15, 0.2) is 5.84 Å². The van der Waals surface area contributed by atoms with Crippen molar-refractivity contribution >= 4 is 12.1 Å². The minimum Gasteiger partial charge on any atom is -0.282 e. The second kappa shape index (κ2) is 4.00. The van der Waals surface area contributed by atoms with Crippen LogP contribution in [-0.4, -0.2) is 12.1 Å². The average molecular weight is 162 g/mol. The number of allylic oxidation sites excluding steroid dienone is 2. The van der Waals surface area contributed by atoms with Gasteiger partial charge in [-0.25, -0.2) is 4.99 Å². The third-order valence-corrected chi connectivity index (χ3v) is 1.80. The molecule has 0 atom stereocenters. The summed E-state index contributed by atoms with van der Waals surface area (Å²) in [5.74, 6) is 0.400. The van der Waals surface area contributed by atoms with Crippen LogP contribution >= 0.6 is 0 Å². The molecule has 0 aliphatic carbocycles. The zero-order valence-corrected chi connectivity index (χ0v) is 7.59. The van der Waals surface area contributed by atoms with Gasteiger partial charge >= 0.3 is 0 Å². The number of hydrogen-bond acceptors (Lipinski definition) is 1. The quantitative estimate of drug-likeness (QED) is 0.662. The molecule has 0 radical (unpaired) electrons. The number of amidine groups is 1. The van der Waals surface area contributed by atoms with Crippen molar-refractivity contribution in [3.05, 3.63) is 23.3 Å². The molecular formula is C10H14N2. The molecule has 64 valence electrons. The van der Waals surface area contributed by atoms with Crippen molar-refractivity contribution in [2.75, 3.05) is 0 Å². The van der Waals surface area contributed by atoms with Crippen molar-refractivity contribution < 1.29 is 0 Å². The minimum absolute atomic E-state index is 0.400. The van der Waals surface area contributed by atoms with Gasteiger partial charge in [-0.2, -0.15) is 0 Å². The molecule has 1 aliphatic rings. The molecule has 0 aromatic rings. The molecule has 1 aliphatic heterocycles. The van der Waals surface area contributed by atoms with Crippen LogP contribution in [0.5, 0.6) is 0 Å². The van der Waals surface area contributed by atoms with E-state index in [9.17, 15) is 0 Å². The maximum atomic E-state index is 7.51. The van der Waals surface area contributed by atoms with Gasteiger partial charge in [0.2, 0.25) is 0 Å². The number of nitrogens with zero attached hydrogens (tertiary/aromatic N) is 1. The maximum Gasteiger partial charge on any atom is 0.152 e. The van der Waals surface area contributed by atoms with Crippen molar-refractivity contribution in [3.63, 3.8) is 0 Å². The van der Waals surface area contributed by atoms with E-state index in [0.717, 1.165) is 18.4 Å². The highest BCUT2D eigenvalue weighted by Crippen LogP contribution is 2.17. The predicted octanol–water partition coefficient (Wildman–Crippen LogP) is 2.72. The van der Waals surface area contributed by atoms with Crippen LogP contribution in [0.15, 0.2) is 28.3 Å². The van der Waals surface area contributed by atoms with Gasteiger partial charge in [-0.1, -0.05) is 25.5 Å². The predicted molar refractivity (Wildman–Crippen MR) is 53.0 cm³/mol. The van der Waals surface area contributed by atoms with Gasteiger partial charge in [0.1, 0.15) is 0 Å². The Bertz CT molecular complexity index is 270. The van der Waals surface area contributed by atoms with Gasteiger partial charge in [0.05, 0.1) is 0 Å². The third-order valence-electron chi connectivity index (χ3n) is 1.80. The van der Waals surface area contributed by atoms with E-state index in [1.807, 2.05) is 19.1 Å². The van der Waals surface area contributed by atoms with Crippen LogP contribution in [-0.2, 0) is 0 Å². The van der Waals surface area contributed by atoms with E-state index in [4.69, 9.17) is 5.41 Å². The topological polar surface area (TPSA) is 36.2 Å². The number of rotatable bonds is 3. The van der Waals surface area contributed by atoms with Crippen molar-refractivity contribution in [1.82, 2.24) is 0 Å². The van der Waals surface area contributed by atoms with Crippen LogP contribution in [0.1, 0.15) is 26.7 Å². The van der Waals surface area contributed by atoms with Gasteiger partial charge in [-0.05, 0) is 18.9 Å². The Morgan fingerprint density at radius 2 is 2.33 bits per heavy atom. The first-order chi connectivity index (χ1) is 5.79. The number of hydrogen-bond donors (Lipinski definition) is 1. The molecule has 0 aromatic carbocycles. The standard InChI is InChI=1S/C10H14N2/c1-3-5-8-7-12-10(11)9(8)6-4-2/h4,6-7,11H,3,5H2,1-2H3/b6-4-,11-10?. The smallest absolute Gasteiger partial charge is 0.152 e. The lowest BCUT2D eigenvalue weighted by molar-refractivity contribution is 0.938. The zero-order chi connectivity index (χ0) is 8.97. The first kappa shape index (κ1) is 8.91. The van der Waals surface area contributed by atoms with E-state index in [2.05, 4.69) is 11.9 Å². The van der Waals surface area contributed by atoms with Crippen molar-refractivity contribution in [2.24, 2.45) is 4.99 Å². The Hall–Kier alpha value is -1.18. The van der Waals surface area contributed by atoms with Gasteiger partial charge in [0.25, 0.3) is 0 Å². The molecule has 0 fully saturated rings. The summed E-state index contributed by atoms with van der Waals surface area (Å²) in [6, 6.07) is 0. The van der Waals surface area contributed by atoms with E-state index in [1.54, 1.807) is 6.21 Å². The molecule has 0 unspecified atom stereocenters. The molecule has 1 rings (SSSR count). The van der Waals surface area contributed by atoms with Crippen LogP contribution in [0.25, 0.3) is 0 Å².